The first-order valence-electron chi connectivity index (χ1n) is 5.82. The summed E-state index contributed by atoms with van der Waals surface area (Å²) in [5, 5.41) is 10.4. The Morgan fingerprint density at radius 1 is 1.32 bits per heavy atom. The van der Waals surface area contributed by atoms with Crippen LogP contribution >= 0.6 is 0 Å². The summed E-state index contributed by atoms with van der Waals surface area (Å²) >= 11 is 0. The van der Waals surface area contributed by atoms with Crippen molar-refractivity contribution < 1.29 is 14.7 Å². The van der Waals surface area contributed by atoms with Gasteiger partial charge in [0.15, 0.2) is 0 Å². The van der Waals surface area contributed by atoms with Crippen LogP contribution in [0.4, 0.5) is 0 Å². The predicted molar refractivity (Wildman–Crippen MR) is 71.1 cm³/mol. The highest BCUT2D eigenvalue weighted by atomic mass is 16.4. The Balaban J connectivity index is 2.51. The van der Waals surface area contributed by atoms with Gasteiger partial charge in [0, 0.05) is 18.6 Å². The van der Waals surface area contributed by atoms with E-state index in [0.717, 1.165) is 21.2 Å². The van der Waals surface area contributed by atoms with E-state index in [-0.39, 0.29) is 12.5 Å². The topological polar surface area (TPSA) is 70.5 Å². The van der Waals surface area contributed by atoms with Gasteiger partial charge in [-0.1, -0.05) is 18.2 Å². The van der Waals surface area contributed by atoms with Gasteiger partial charge in [0.05, 0.1) is 0 Å². The molecule has 1 amide bonds. The number of carbonyl (C=O) groups is 2. The molecule has 1 N–H and O–H groups in total. The summed E-state index contributed by atoms with van der Waals surface area (Å²) in [7, 11) is 1.45. The zero-order valence-electron chi connectivity index (χ0n) is 10.8. The van der Waals surface area contributed by atoms with Gasteiger partial charge in [-0.2, -0.15) is 0 Å². The second-order valence-electron chi connectivity index (χ2n) is 4.39. The van der Waals surface area contributed by atoms with Crippen molar-refractivity contribution in [1.29, 1.82) is 0 Å². The van der Waals surface area contributed by atoms with E-state index in [9.17, 15) is 9.59 Å². The number of aliphatic carboxylic acids is 1. The Hall–Kier alpha value is -2.43. The summed E-state index contributed by atoms with van der Waals surface area (Å²) in [6.45, 7) is 1.56. The molecule has 0 atom stereocenters. The number of carboxylic acid groups (broad SMARTS) is 1. The van der Waals surface area contributed by atoms with E-state index >= 15 is 0 Å². The highest BCUT2D eigenvalue weighted by Gasteiger charge is 2.18. The average Bonchev–Trinajstić information content (AvgIpc) is 2.36. The molecule has 19 heavy (non-hydrogen) atoms. The zero-order chi connectivity index (χ0) is 14.0. The lowest BCUT2D eigenvalue weighted by Gasteiger charge is -2.15. The van der Waals surface area contributed by atoms with Gasteiger partial charge in [0.1, 0.15) is 12.2 Å². The third-order valence-corrected chi connectivity index (χ3v) is 2.92. The lowest BCUT2D eigenvalue weighted by molar-refractivity contribution is -0.137. The molecule has 0 saturated carbocycles. The molecular weight excluding hydrogens is 244 g/mol. The molecule has 2 aromatic rings. The largest absolute Gasteiger partial charge is 0.480 e. The van der Waals surface area contributed by atoms with Crippen LogP contribution in [0.1, 0.15) is 16.1 Å². The molecule has 2 rings (SSSR count). The number of aryl methyl sites for hydroxylation is 1. The van der Waals surface area contributed by atoms with Crippen LogP contribution < -0.4 is 0 Å². The van der Waals surface area contributed by atoms with Crippen LogP contribution in [0, 0.1) is 6.92 Å². The molecule has 0 aliphatic rings. The second kappa shape index (κ2) is 5.06. The SMILES string of the molecule is Cc1cccc2ccnc(C(=O)N(C)CC(=O)O)c12. The molecule has 0 bridgehead atoms. The van der Waals surface area contributed by atoms with E-state index in [1.165, 1.54) is 7.05 Å². The van der Waals surface area contributed by atoms with Crippen LogP contribution in [-0.4, -0.2) is 40.5 Å². The number of amides is 1. The van der Waals surface area contributed by atoms with Gasteiger partial charge in [-0.25, -0.2) is 0 Å². The van der Waals surface area contributed by atoms with Crippen LogP contribution in [0.15, 0.2) is 30.5 Å². The van der Waals surface area contributed by atoms with Crippen molar-refractivity contribution in [2.75, 3.05) is 13.6 Å². The molecule has 1 aromatic carbocycles. The van der Waals surface area contributed by atoms with E-state index in [1.807, 2.05) is 31.2 Å². The molecule has 0 radical (unpaired) electrons. The summed E-state index contributed by atoms with van der Waals surface area (Å²) in [6, 6.07) is 7.54. The van der Waals surface area contributed by atoms with Crippen LogP contribution in [0.3, 0.4) is 0 Å². The number of hydrogen-bond acceptors (Lipinski definition) is 3. The molecule has 98 valence electrons. The summed E-state index contributed by atoms with van der Waals surface area (Å²) in [5.41, 5.74) is 1.23. The molecule has 5 heteroatoms. The number of fused-ring (bicyclic) bond motifs is 1. The van der Waals surface area contributed by atoms with Gasteiger partial charge in [-0.05, 0) is 23.9 Å². The zero-order valence-corrected chi connectivity index (χ0v) is 10.8. The summed E-state index contributed by atoms with van der Waals surface area (Å²) in [5.74, 6) is -1.44. The van der Waals surface area contributed by atoms with Crippen molar-refractivity contribution in [2.24, 2.45) is 0 Å². The van der Waals surface area contributed by atoms with Crippen molar-refractivity contribution in [3.63, 3.8) is 0 Å². The fourth-order valence-electron chi connectivity index (χ4n) is 2.03. The van der Waals surface area contributed by atoms with Gasteiger partial charge in [-0.3, -0.25) is 14.6 Å². The minimum atomic E-state index is -1.05. The number of aromatic nitrogens is 1. The van der Waals surface area contributed by atoms with Crippen LogP contribution in [0.2, 0.25) is 0 Å². The Kier molecular flexibility index (Phi) is 3.46. The van der Waals surface area contributed by atoms with Crippen molar-refractivity contribution in [2.45, 2.75) is 6.92 Å². The monoisotopic (exact) mass is 258 g/mol. The summed E-state index contributed by atoms with van der Waals surface area (Å²) in [6.07, 6.45) is 1.56. The first-order valence-corrected chi connectivity index (χ1v) is 5.82. The van der Waals surface area contributed by atoms with E-state index in [1.54, 1.807) is 6.20 Å². The molecule has 1 heterocycles. The highest BCUT2D eigenvalue weighted by Crippen LogP contribution is 2.21. The Bertz CT molecular complexity index is 647. The Morgan fingerprint density at radius 3 is 2.74 bits per heavy atom. The fraction of sp³-hybridized carbons (Fsp3) is 0.214. The van der Waals surface area contributed by atoms with Gasteiger partial charge < -0.3 is 10.0 Å². The number of rotatable bonds is 3. The van der Waals surface area contributed by atoms with Gasteiger partial charge in [0.25, 0.3) is 5.91 Å². The average molecular weight is 258 g/mol. The minimum absolute atomic E-state index is 0.291. The first-order chi connectivity index (χ1) is 9.00. The van der Waals surface area contributed by atoms with Gasteiger partial charge >= 0.3 is 5.97 Å². The lowest BCUT2D eigenvalue weighted by Crippen LogP contribution is -2.32. The van der Waals surface area contributed by atoms with Crippen molar-refractivity contribution in [3.05, 3.63) is 41.7 Å². The molecule has 0 aliphatic heterocycles. The van der Waals surface area contributed by atoms with E-state index in [0.29, 0.717) is 5.69 Å². The maximum atomic E-state index is 12.2. The van der Waals surface area contributed by atoms with Crippen LogP contribution in [0.25, 0.3) is 10.8 Å². The standard InChI is InChI=1S/C14H14N2O3/c1-9-4-3-5-10-6-7-15-13(12(9)10)14(19)16(2)8-11(17)18/h3-7H,8H2,1-2H3,(H,17,18). The molecule has 1 aromatic heterocycles. The van der Waals surface area contributed by atoms with E-state index < -0.39 is 5.97 Å². The third-order valence-electron chi connectivity index (χ3n) is 2.92. The third kappa shape index (κ3) is 2.54. The van der Waals surface area contributed by atoms with Crippen molar-refractivity contribution in [3.8, 4) is 0 Å². The molecule has 5 nitrogen and oxygen atoms in total. The summed E-state index contributed by atoms with van der Waals surface area (Å²) in [4.78, 5) is 28.2. The molecule has 0 fully saturated rings. The maximum Gasteiger partial charge on any atom is 0.323 e. The number of benzene rings is 1. The number of carboxylic acids is 1. The van der Waals surface area contributed by atoms with Gasteiger partial charge in [0.2, 0.25) is 0 Å². The first kappa shape index (κ1) is 13.0. The second-order valence-corrected chi connectivity index (χ2v) is 4.39. The Labute approximate surface area is 110 Å². The number of carbonyl (C=O) groups excluding carboxylic acids is 1. The molecule has 0 saturated heterocycles. The molecule has 0 unspecified atom stereocenters. The van der Waals surface area contributed by atoms with E-state index in [2.05, 4.69) is 4.98 Å². The predicted octanol–water partition coefficient (Wildman–Crippen LogP) is 1.70. The van der Waals surface area contributed by atoms with Crippen LogP contribution in [-0.2, 0) is 4.79 Å². The van der Waals surface area contributed by atoms with Crippen LogP contribution in [0.5, 0.6) is 0 Å². The highest BCUT2D eigenvalue weighted by molar-refractivity contribution is 6.06. The smallest absolute Gasteiger partial charge is 0.323 e. The fourth-order valence-corrected chi connectivity index (χ4v) is 2.03. The lowest BCUT2D eigenvalue weighted by atomic mass is 10.0. The number of hydrogen-bond donors (Lipinski definition) is 1. The quantitative estimate of drug-likeness (QED) is 0.909. The minimum Gasteiger partial charge on any atom is -0.480 e. The van der Waals surface area contributed by atoms with Crippen molar-refractivity contribution >= 4 is 22.6 Å². The van der Waals surface area contributed by atoms with E-state index in [4.69, 9.17) is 5.11 Å². The molecular formula is C14H14N2O3. The molecule has 0 aliphatic carbocycles. The van der Waals surface area contributed by atoms with Crippen molar-refractivity contribution in [1.82, 2.24) is 9.88 Å². The summed E-state index contributed by atoms with van der Waals surface area (Å²) < 4.78 is 0. The normalized spacial score (nSPS) is 10.4. The van der Waals surface area contributed by atoms with Gasteiger partial charge in [-0.15, -0.1) is 0 Å². The number of nitrogens with zero attached hydrogens (tertiary/aromatic N) is 2. The maximum absolute atomic E-state index is 12.2. The number of pyridine rings is 1. The Morgan fingerprint density at radius 2 is 2.05 bits per heavy atom. The number of likely N-dealkylation sites (N-methyl/N-ethyl adjacent to an activating group) is 1. The molecule has 0 spiro atoms.